The molecule has 2 aliphatic rings. The number of para-hydroxylation sites is 1. The van der Waals surface area contributed by atoms with Gasteiger partial charge in [0.25, 0.3) is 5.91 Å². The number of likely N-dealkylation sites (tertiary alicyclic amines) is 1. The predicted molar refractivity (Wildman–Crippen MR) is 116 cm³/mol. The van der Waals surface area contributed by atoms with Crippen LogP contribution in [0, 0.1) is 0 Å². The van der Waals surface area contributed by atoms with Crippen molar-refractivity contribution in [3.63, 3.8) is 0 Å². The molecule has 4 aromatic rings. The van der Waals surface area contributed by atoms with Gasteiger partial charge in [-0.05, 0) is 24.3 Å². The highest BCUT2D eigenvalue weighted by molar-refractivity contribution is 6.30. The third kappa shape index (κ3) is 2.76. The minimum Gasteiger partial charge on any atom is -0.482 e. The van der Waals surface area contributed by atoms with E-state index in [1.807, 2.05) is 47.1 Å². The molecule has 156 valence electrons. The summed E-state index contributed by atoms with van der Waals surface area (Å²) in [5.41, 5.74) is 3.91. The van der Waals surface area contributed by atoms with Crippen LogP contribution in [0.1, 0.15) is 28.9 Å². The van der Waals surface area contributed by atoms with E-state index in [0.717, 1.165) is 22.6 Å². The second-order valence-corrected chi connectivity index (χ2v) is 8.59. The van der Waals surface area contributed by atoms with Gasteiger partial charge in [0.15, 0.2) is 0 Å². The Hall–Kier alpha value is -3.32. The number of aryl methyl sites for hydroxylation is 1. The molecule has 8 heteroatoms. The molecule has 1 spiro atoms. The Morgan fingerprint density at radius 2 is 1.94 bits per heavy atom. The number of nitrogens with zero attached hydrogens (tertiary/aromatic N) is 5. The zero-order chi connectivity index (χ0) is 21.2. The van der Waals surface area contributed by atoms with Crippen molar-refractivity contribution in [3.8, 4) is 17.0 Å². The Morgan fingerprint density at radius 1 is 1.13 bits per heavy atom. The number of hydrogen-bond donors (Lipinski definition) is 0. The van der Waals surface area contributed by atoms with Gasteiger partial charge >= 0.3 is 0 Å². The predicted octanol–water partition coefficient (Wildman–Crippen LogP) is 3.91. The van der Waals surface area contributed by atoms with Crippen molar-refractivity contribution in [1.82, 2.24) is 24.1 Å². The Bertz CT molecular complexity index is 1330. The number of pyridine rings is 1. The van der Waals surface area contributed by atoms with Gasteiger partial charge in [-0.15, -0.1) is 0 Å². The van der Waals surface area contributed by atoms with Gasteiger partial charge in [0.2, 0.25) is 0 Å². The SMILES string of the molecule is Cn1ncc2c1-c1ccccc1OC21CCN(C(=O)c2cn3cc(Cl)ccc3n2)CC1. The molecule has 5 heterocycles. The van der Waals surface area contributed by atoms with Crippen LogP contribution in [0.15, 0.2) is 55.0 Å². The molecule has 0 radical (unpaired) electrons. The lowest BCUT2D eigenvalue weighted by atomic mass is 9.81. The first-order valence-electron chi connectivity index (χ1n) is 10.3. The van der Waals surface area contributed by atoms with Crippen LogP contribution in [-0.2, 0) is 12.6 Å². The fourth-order valence-corrected chi connectivity index (χ4v) is 4.95. The molecular formula is C23H20ClN5O2. The summed E-state index contributed by atoms with van der Waals surface area (Å²) in [7, 11) is 1.96. The van der Waals surface area contributed by atoms with Gasteiger partial charge in [-0.25, -0.2) is 4.98 Å². The summed E-state index contributed by atoms with van der Waals surface area (Å²) in [5.74, 6) is 0.799. The Kier molecular flexibility index (Phi) is 3.92. The van der Waals surface area contributed by atoms with E-state index in [4.69, 9.17) is 16.3 Å². The molecule has 7 nitrogen and oxygen atoms in total. The molecule has 3 aromatic heterocycles. The smallest absolute Gasteiger partial charge is 0.274 e. The summed E-state index contributed by atoms with van der Waals surface area (Å²) in [4.78, 5) is 19.5. The minimum absolute atomic E-state index is 0.0720. The van der Waals surface area contributed by atoms with Crippen LogP contribution in [0.5, 0.6) is 5.75 Å². The van der Waals surface area contributed by atoms with E-state index < -0.39 is 5.60 Å². The summed E-state index contributed by atoms with van der Waals surface area (Å²) >= 11 is 6.05. The van der Waals surface area contributed by atoms with Crippen LogP contribution >= 0.6 is 11.6 Å². The number of amides is 1. The lowest BCUT2D eigenvalue weighted by molar-refractivity contribution is -0.00187. The average molecular weight is 434 g/mol. The molecular weight excluding hydrogens is 414 g/mol. The molecule has 0 N–H and O–H groups in total. The van der Waals surface area contributed by atoms with Crippen molar-refractivity contribution in [3.05, 3.63) is 71.3 Å². The highest BCUT2D eigenvalue weighted by Crippen LogP contribution is 2.49. The number of rotatable bonds is 1. The van der Waals surface area contributed by atoms with Crippen LogP contribution in [0.25, 0.3) is 16.9 Å². The fraction of sp³-hybridized carbons (Fsp3) is 0.261. The van der Waals surface area contributed by atoms with Crippen molar-refractivity contribution >= 4 is 23.2 Å². The molecule has 0 saturated carbocycles. The lowest BCUT2D eigenvalue weighted by Gasteiger charge is -2.44. The molecule has 0 unspecified atom stereocenters. The standard InChI is InChI=1S/C23H20ClN5O2/c1-27-21-16-4-2-3-5-19(16)31-23(17(21)12-25-27)8-10-28(11-9-23)22(30)18-14-29-13-15(24)6-7-20(29)26-18/h2-7,12-14H,8-11H2,1H3. The second-order valence-electron chi connectivity index (χ2n) is 8.15. The minimum atomic E-state index is -0.471. The number of fused-ring (bicyclic) bond motifs is 5. The maximum Gasteiger partial charge on any atom is 0.274 e. The number of imidazole rings is 1. The monoisotopic (exact) mass is 433 g/mol. The number of carbonyl (C=O) groups is 1. The summed E-state index contributed by atoms with van der Waals surface area (Å²) in [5, 5.41) is 5.11. The van der Waals surface area contributed by atoms with Crippen LogP contribution in [0.4, 0.5) is 0 Å². The van der Waals surface area contributed by atoms with Crippen molar-refractivity contribution < 1.29 is 9.53 Å². The average Bonchev–Trinajstić information content (AvgIpc) is 3.38. The fourth-order valence-electron chi connectivity index (χ4n) is 4.78. The van der Waals surface area contributed by atoms with Crippen molar-refractivity contribution in [2.75, 3.05) is 13.1 Å². The summed E-state index contributed by atoms with van der Waals surface area (Å²) in [6.07, 6.45) is 6.80. The topological polar surface area (TPSA) is 64.7 Å². The zero-order valence-electron chi connectivity index (χ0n) is 17.0. The highest BCUT2D eigenvalue weighted by Gasteiger charge is 2.46. The number of aromatic nitrogens is 4. The zero-order valence-corrected chi connectivity index (χ0v) is 17.7. The Labute approximate surface area is 183 Å². The second kappa shape index (κ2) is 6.59. The third-order valence-corrected chi connectivity index (χ3v) is 6.59. The molecule has 6 rings (SSSR count). The quantitative estimate of drug-likeness (QED) is 0.456. The molecule has 1 amide bonds. The van der Waals surface area contributed by atoms with Crippen LogP contribution < -0.4 is 4.74 Å². The molecule has 0 bridgehead atoms. The van der Waals surface area contributed by atoms with Crippen molar-refractivity contribution in [2.45, 2.75) is 18.4 Å². The van der Waals surface area contributed by atoms with Gasteiger partial charge < -0.3 is 14.0 Å². The van der Waals surface area contributed by atoms with Gasteiger partial charge in [0.1, 0.15) is 22.7 Å². The largest absolute Gasteiger partial charge is 0.482 e. The van der Waals surface area contributed by atoms with Crippen LogP contribution in [0.2, 0.25) is 5.02 Å². The number of piperidine rings is 1. The van der Waals surface area contributed by atoms with E-state index in [0.29, 0.717) is 42.3 Å². The third-order valence-electron chi connectivity index (χ3n) is 6.37. The Morgan fingerprint density at radius 3 is 2.77 bits per heavy atom. The van der Waals surface area contributed by atoms with E-state index in [-0.39, 0.29) is 5.91 Å². The summed E-state index contributed by atoms with van der Waals surface area (Å²) in [6.45, 7) is 1.17. The van der Waals surface area contributed by atoms with Gasteiger partial charge in [-0.1, -0.05) is 23.7 Å². The first-order valence-corrected chi connectivity index (χ1v) is 10.7. The van der Waals surface area contributed by atoms with Crippen molar-refractivity contribution in [2.24, 2.45) is 7.05 Å². The lowest BCUT2D eigenvalue weighted by Crippen LogP contribution is -2.49. The van der Waals surface area contributed by atoms with Crippen LogP contribution in [-0.4, -0.2) is 43.1 Å². The normalized spacial score (nSPS) is 16.8. The Balaban J connectivity index is 1.28. The molecule has 1 fully saturated rings. The molecule has 0 atom stereocenters. The van der Waals surface area contributed by atoms with Gasteiger partial charge in [0, 0.05) is 56.5 Å². The van der Waals surface area contributed by atoms with E-state index >= 15 is 0 Å². The first kappa shape index (κ1) is 18.4. The molecule has 31 heavy (non-hydrogen) atoms. The van der Waals surface area contributed by atoms with Gasteiger partial charge in [-0.2, -0.15) is 5.10 Å². The maximum absolute atomic E-state index is 13.1. The molecule has 0 aliphatic carbocycles. The number of halogens is 1. The van der Waals surface area contributed by atoms with Crippen molar-refractivity contribution in [1.29, 1.82) is 0 Å². The molecule has 1 aromatic carbocycles. The summed E-state index contributed by atoms with van der Waals surface area (Å²) < 4.78 is 10.3. The number of ether oxygens (including phenoxy) is 1. The molecule has 1 saturated heterocycles. The van der Waals surface area contributed by atoms with E-state index in [1.54, 1.807) is 22.9 Å². The van der Waals surface area contributed by atoms with E-state index in [2.05, 4.69) is 16.1 Å². The summed E-state index contributed by atoms with van der Waals surface area (Å²) in [6, 6.07) is 11.7. The van der Waals surface area contributed by atoms with E-state index in [9.17, 15) is 4.79 Å². The maximum atomic E-state index is 13.1. The molecule has 2 aliphatic heterocycles. The number of hydrogen-bond acceptors (Lipinski definition) is 4. The highest BCUT2D eigenvalue weighted by atomic mass is 35.5. The van der Waals surface area contributed by atoms with E-state index in [1.165, 1.54) is 0 Å². The van der Waals surface area contributed by atoms with Crippen LogP contribution in [0.3, 0.4) is 0 Å². The van der Waals surface area contributed by atoms with Gasteiger partial charge in [0.05, 0.1) is 16.9 Å². The number of benzene rings is 1. The number of carbonyl (C=O) groups excluding carboxylic acids is 1. The van der Waals surface area contributed by atoms with Gasteiger partial charge in [-0.3, -0.25) is 9.48 Å². The first-order chi connectivity index (χ1) is 15.0.